The Kier molecular flexibility index (Phi) is 5.59. The van der Waals surface area contributed by atoms with E-state index in [0.29, 0.717) is 17.9 Å². The topological polar surface area (TPSA) is 93.7 Å². The molecule has 3 N–H and O–H groups in total. The molecule has 0 aliphatic heterocycles. The minimum absolute atomic E-state index is 0.00160. The molecule has 1 unspecified atom stereocenters. The van der Waals surface area contributed by atoms with Gasteiger partial charge in [0.15, 0.2) is 0 Å². The second-order valence-electron chi connectivity index (χ2n) is 5.64. The van der Waals surface area contributed by atoms with Gasteiger partial charge in [0.2, 0.25) is 0 Å². The van der Waals surface area contributed by atoms with Gasteiger partial charge in [-0.1, -0.05) is 18.2 Å². The molecule has 0 heterocycles. The SMILES string of the molecule is COc1ccccc1C(CNc1cc(N)ccc1[N+](=O)[O-])N(C)C. The predicted octanol–water partition coefficient (Wildman–Crippen LogP) is 2.90. The summed E-state index contributed by atoms with van der Waals surface area (Å²) in [6.45, 7) is 0.470. The van der Waals surface area contributed by atoms with Crippen molar-refractivity contribution in [3.8, 4) is 5.75 Å². The van der Waals surface area contributed by atoms with Crippen LogP contribution in [0.15, 0.2) is 42.5 Å². The first-order valence-electron chi connectivity index (χ1n) is 7.51. The molecule has 0 bridgehead atoms. The first-order valence-corrected chi connectivity index (χ1v) is 7.51. The minimum atomic E-state index is -0.421. The van der Waals surface area contributed by atoms with Crippen LogP contribution in [0.25, 0.3) is 0 Å². The number of nitro benzene ring substituents is 1. The summed E-state index contributed by atoms with van der Waals surface area (Å²) < 4.78 is 5.43. The Morgan fingerprint density at radius 3 is 2.62 bits per heavy atom. The summed E-state index contributed by atoms with van der Waals surface area (Å²) in [5.41, 5.74) is 7.64. The van der Waals surface area contributed by atoms with Crippen LogP contribution in [0.3, 0.4) is 0 Å². The highest BCUT2D eigenvalue weighted by atomic mass is 16.6. The van der Waals surface area contributed by atoms with Gasteiger partial charge in [-0.2, -0.15) is 0 Å². The number of nitrogens with one attached hydrogen (secondary N) is 1. The standard InChI is InChI=1S/C17H22N4O3/c1-20(2)16(13-6-4-5-7-17(13)24-3)11-19-14-10-12(18)8-9-15(14)21(22)23/h4-10,16,19H,11,18H2,1-3H3. The van der Waals surface area contributed by atoms with Crippen molar-refractivity contribution < 1.29 is 9.66 Å². The van der Waals surface area contributed by atoms with Crippen LogP contribution in [-0.4, -0.2) is 37.6 Å². The molecule has 0 saturated carbocycles. The number of hydrogen-bond acceptors (Lipinski definition) is 6. The van der Waals surface area contributed by atoms with E-state index < -0.39 is 4.92 Å². The molecule has 2 aromatic carbocycles. The summed E-state index contributed by atoms with van der Waals surface area (Å²) in [5.74, 6) is 0.778. The van der Waals surface area contributed by atoms with Crippen molar-refractivity contribution in [3.05, 3.63) is 58.1 Å². The third-order valence-corrected chi connectivity index (χ3v) is 3.82. The van der Waals surface area contributed by atoms with Gasteiger partial charge in [0.25, 0.3) is 5.69 Å². The minimum Gasteiger partial charge on any atom is -0.496 e. The van der Waals surface area contributed by atoms with Crippen molar-refractivity contribution in [1.82, 2.24) is 4.90 Å². The van der Waals surface area contributed by atoms with E-state index in [1.807, 2.05) is 43.3 Å². The molecular weight excluding hydrogens is 308 g/mol. The summed E-state index contributed by atoms with van der Waals surface area (Å²) in [6, 6.07) is 12.2. The fourth-order valence-corrected chi connectivity index (χ4v) is 2.57. The molecule has 0 aromatic heterocycles. The summed E-state index contributed by atoms with van der Waals surface area (Å²) in [6.07, 6.45) is 0. The van der Waals surface area contributed by atoms with Gasteiger partial charge in [0.1, 0.15) is 11.4 Å². The van der Waals surface area contributed by atoms with E-state index >= 15 is 0 Å². The lowest BCUT2D eigenvalue weighted by Crippen LogP contribution is -2.27. The maximum atomic E-state index is 11.2. The number of benzene rings is 2. The van der Waals surface area contributed by atoms with Crippen molar-refractivity contribution in [3.63, 3.8) is 0 Å². The maximum Gasteiger partial charge on any atom is 0.292 e. The Bertz CT molecular complexity index is 719. The first kappa shape index (κ1) is 17.6. The van der Waals surface area contributed by atoms with Gasteiger partial charge >= 0.3 is 0 Å². The van der Waals surface area contributed by atoms with E-state index in [0.717, 1.165) is 11.3 Å². The van der Waals surface area contributed by atoms with Crippen molar-refractivity contribution >= 4 is 17.1 Å². The largest absolute Gasteiger partial charge is 0.496 e. The fraction of sp³-hybridized carbons (Fsp3) is 0.294. The third-order valence-electron chi connectivity index (χ3n) is 3.82. The van der Waals surface area contributed by atoms with Crippen molar-refractivity contribution in [2.75, 3.05) is 38.8 Å². The molecule has 0 spiro atoms. The van der Waals surface area contributed by atoms with Crippen molar-refractivity contribution in [1.29, 1.82) is 0 Å². The Hall–Kier alpha value is -2.80. The molecule has 7 heteroatoms. The first-order chi connectivity index (χ1) is 11.4. The number of likely N-dealkylation sites (N-methyl/N-ethyl adjacent to an activating group) is 1. The molecule has 0 amide bonds. The van der Waals surface area contributed by atoms with Crippen molar-refractivity contribution in [2.45, 2.75) is 6.04 Å². The van der Waals surface area contributed by atoms with Crippen LogP contribution < -0.4 is 15.8 Å². The number of para-hydroxylation sites is 1. The second kappa shape index (κ2) is 7.65. The fourth-order valence-electron chi connectivity index (χ4n) is 2.57. The zero-order chi connectivity index (χ0) is 17.7. The number of nitrogens with two attached hydrogens (primary N) is 1. The molecule has 2 aromatic rings. The number of hydrogen-bond donors (Lipinski definition) is 2. The molecule has 1 atom stereocenters. The van der Waals surface area contributed by atoms with Gasteiger partial charge in [-0.05, 0) is 32.3 Å². The van der Waals surface area contributed by atoms with Crippen molar-refractivity contribution in [2.24, 2.45) is 0 Å². The van der Waals surface area contributed by atoms with Gasteiger partial charge < -0.3 is 20.7 Å². The van der Waals surface area contributed by atoms with Crippen LogP contribution in [0.1, 0.15) is 11.6 Å². The smallest absolute Gasteiger partial charge is 0.292 e. The lowest BCUT2D eigenvalue weighted by Gasteiger charge is -2.27. The van der Waals surface area contributed by atoms with E-state index in [2.05, 4.69) is 5.32 Å². The number of anilines is 2. The number of nitro groups is 1. The third kappa shape index (κ3) is 3.94. The van der Waals surface area contributed by atoms with E-state index in [4.69, 9.17) is 10.5 Å². The Morgan fingerprint density at radius 1 is 1.29 bits per heavy atom. The number of rotatable bonds is 7. The van der Waals surface area contributed by atoms with Gasteiger partial charge in [0.05, 0.1) is 18.1 Å². The highest BCUT2D eigenvalue weighted by Crippen LogP contribution is 2.31. The molecule has 2 rings (SSSR count). The molecule has 128 valence electrons. The Labute approximate surface area is 141 Å². The van der Waals surface area contributed by atoms with Crippen LogP contribution in [0, 0.1) is 10.1 Å². The van der Waals surface area contributed by atoms with Gasteiger partial charge in [0, 0.05) is 23.9 Å². The lowest BCUT2D eigenvalue weighted by molar-refractivity contribution is -0.383. The van der Waals surface area contributed by atoms with E-state index in [1.165, 1.54) is 12.1 Å². The molecule has 0 aliphatic rings. The van der Waals surface area contributed by atoms with Gasteiger partial charge in [-0.15, -0.1) is 0 Å². The Balaban J connectivity index is 2.27. The highest BCUT2D eigenvalue weighted by Gasteiger charge is 2.20. The molecule has 0 fully saturated rings. The lowest BCUT2D eigenvalue weighted by atomic mass is 10.0. The predicted molar refractivity (Wildman–Crippen MR) is 95.4 cm³/mol. The van der Waals surface area contributed by atoms with E-state index in [1.54, 1.807) is 13.2 Å². The molecule has 0 radical (unpaired) electrons. The zero-order valence-electron chi connectivity index (χ0n) is 14.0. The van der Waals surface area contributed by atoms with Crippen LogP contribution in [0.5, 0.6) is 5.75 Å². The second-order valence-corrected chi connectivity index (χ2v) is 5.64. The molecule has 0 saturated heterocycles. The number of nitrogen functional groups attached to an aromatic ring is 1. The number of nitrogens with zero attached hydrogens (tertiary/aromatic N) is 2. The molecule has 7 nitrogen and oxygen atoms in total. The maximum absolute atomic E-state index is 11.2. The van der Waals surface area contributed by atoms with E-state index in [9.17, 15) is 10.1 Å². The summed E-state index contributed by atoms with van der Waals surface area (Å²) in [4.78, 5) is 12.8. The average molecular weight is 330 g/mol. The quantitative estimate of drug-likeness (QED) is 0.460. The molecular formula is C17H22N4O3. The normalized spacial score (nSPS) is 12.0. The molecule has 24 heavy (non-hydrogen) atoms. The van der Waals surface area contributed by atoms with Crippen LogP contribution in [0.4, 0.5) is 17.1 Å². The van der Waals surface area contributed by atoms with Crippen LogP contribution in [-0.2, 0) is 0 Å². The van der Waals surface area contributed by atoms with E-state index in [-0.39, 0.29) is 11.7 Å². The number of methoxy groups -OCH3 is 1. The van der Waals surface area contributed by atoms with Gasteiger partial charge in [-0.3, -0.25) is 10.1 Å². The van der Waals surface area contributed by atoms with Gasteiger partial charge in [-0.25, -0.2) is 0 Å². The summed E-state index contributed by atoms with van der Waals surface area (Å²) in [5, 5.41) is 14.3. The van der Waals surface area contributed by atoms with Crippen LogP contribution in [0.2, 0.25) is 0 Å². The average Bonchev–Trinajstić information content (AvgIpc) is 2.55. The monoisotopic (exact) mass is 330 g/mol. The Morgan fingerprint density at radius 2 is 2.00 bits per heavy atom. The van der Waals surface area contributed by atoms with Crippen LogP contribution >= 0.6 is 0 Å². The summed E-state index contributed by atoms with van der Waals surface area (Å²) >= 11 is 0. The molecule has 0 aliphatic carbocycles. The highest BCUT2D eigenvalue weighted by molar-refractivity contribution is 5.67. The summed E-state index contributed by atoms with van der Waals surface area (Å²) in [7, 11) is 5.53. The number of ether oxygens (including phenoxy) is 1. The zero-order valence-corrected chi connectivity index (χ0v) is 14.0.